The van der Waals surface area contributed by atoms with Crippen LogP contribution in [0.1, 0.15) is 0 Å². The number of rotatable bonds is 0. The van der Waals surface area contributed by atoms with E-state index in [2.05, 4.69) is 0 Å². The van der Waals surface area contributed by atoms with E-state index in [-0.39, 0.29) is 0 Å². The van der Waals surface area contributed by atoms with Crippen molar-refractivity contribution in [2.75, 3.05) is 26.3 Å². The molecule has 2 nitrogen and oxygen atoms in total. The second-order valence-electron chi connectivity index (χ2n) is 1.85. The lowest BCUT2D eigenvalue weighted by Crippen LogP contribution is -2.37. The molecule has 52 valence electrons. The van der Waals surface area contributed by atoms with Gasteiger partial charge in [0, 0.05) is 13.1 Å². The van der Waals surface area contributed by atoms with Crippen molar-refractivity contribution in [2.45, 2.75) is 0 Å². The fraction of sp³-hybridized carbons (Fsp3) is 0.800. The Morgan fingerprint density at radius 3 is 2.33 bits per heavy atom. The predicted octanol–water partition coefficient (Wildman–Crippen LogP) is 0.842. The summed E-state index contributed by atoms with van der Waals surface area (Å²) in [5.41, 5.74) is 0. The molecule has 1 saturated heterocycles. The van der Waals surface area contributed by atoms with Gasteiger partial charge in [0.15, 0.2) is 4.45 Å². The maximum Gasteiger partial charge on any atom is 0.170 e. The van der Waals surface area contributed by atoms with Gasteiger partial charge in [0.2, 0.25) is 0 Å². The van der Waals surface area contributed by atoms with E-state index in [0.717, 1.165) is 26.3 Å². The van der Waals surface area contributed by atoms with Gasteiger partial charge in [-0.15, -0.1) is 0 Å². The molecule has 0 atom stereocenters. The van der Waals surface area contributed by atoms with Crippen molar-refractivity contribution in [3.63, 3.8) is 0 Å². The lowest BCUT2D eigenvalue weighted by molar-refractivity contribution is 0.0701. The zero-order valence-corrected chi connectivity index (χ0v) is 6.54. The Hall–Kier alpha value is 0.140. The molecule has 0 spiro atoms. The molecule has 9 heavy (non-hydrogen) atoms. The summed E-state index contributed by atoms with van der Waals surface area (Å²) in [5, 5.41) is 0. The quantitative estimate of drug-likeness (QED) is 0.300. The highest BCUT2D eigenvalue weighted by molar-refractivity contribution is 7.83. The van der Waals surface area contributed by atoms with Gasteiger partial charge in [-0.3, -0.25) is 0 Å². The van der Waals surface area contributed by atoms with Crippen LogP contribution in [0.4, 0.5) is 0 Å². The van der Waals surface area contributed by atoms with Crippen molar-refractivity contribution in [1.82, 2.24) is 4.90 Å². The highest BCUT2D eigenvalue weighted by Crippen LogP contribution is 2.00. The summed E-state index contributed by atoms with van der Waals surface area (Å²) in [5.74, 6) is 0. The summed E-state index contributed by atoms with van der Waals surface area (Å²) >= 11 is 10.3. The van der Waals surface area contributed by atoms with E-state index in [1.54, 1.807) is 0 Å². The summed E-state index contributed by atoms with van der Waals surface area (Å²) in [4.78, 5) is 1.93. The Bertz CT molecular complexity index is 114. The summed E-state index contributed by atoms with van der Waals surface area (Å²) in [6.45, 7) is 3.16. The molecule has 1 aliphatic heterocycles. The van der Waals surface area contributed by atoms with E-state index >= 15 is 0 Å². The molecule has 0 amide bonds. The van der Waals surface area contributed by atoms with Gasteiger partial charge in [-0.2, -0.15) is 0 Å². The molecule has 1 aliphatic rings. The van der Waals surface area contributed by atoms with Crippen molar-refractivity contribution in [1.29, 1.82) is 0 Å². The van der Waals surface area contributed by atoms with Crippen LogP contribution in [0, 0.1) is 0 Å². The highest BCUT2D eigenvalue weighted by Gasteiger charge is 2.10. The van der Waals surface area contributed by atoms with Crippen LogP contribution in [0.3, 0.4) is 0 Å². The molecule has 1 rings (SSSR count). The molecule has 0 radical (unpaired) electrons. The molecule has 4 heteroatoms. The third kappa shape index (κ3) is 2.08. The van der Waals surface area contributed by atoms with Gasteiger partial charge < -0.3 is 9.64 Å². The molecule has 0 N–H and O–H groups in total. The minimum Gasteiger partial charge on any atom is -0.378 e. The molecule has 0 aromatic rings. The average molecular weight is 166 g/mol. The number of morpholine rings is 1. The monoisotopic (exact) mass is 165 g/mol. The summed E-state index contributed by atoms with van der Waals surface area (Å²) < 4.78 is 5.55. The summed E-state index contributed by atoms with van der Waals surface area (Å²) in [7, 11) is 0. The largest absolute Gasteiger partial charge is 0.378 e. The van der Waals surface area contributed by atoms with Gasteiger partial charge in [0.05, 0.1) is 13.2 Å². The zero-order valence-electron chi connectivity index (χ0n) is 4.97. The molecule has 0 bridgehead atoms. The lowest BCUT2D eigenvalue weighted by Gasteiger charge is -2.25. The van der Waals surface area contributed by atoms with Crippen LogP contribution in [-0.4, -0.2) is 35.7 Å². The number of thiocarbonyl (C=S) groups is 1. The lowest BCUT2D eigenvalue weighted by atomic mass is 10.5. The van der Waals surface area contributed by atoms with Crippen LogP contribution < -0.4 is 0 Å². The van der Waals surface area contributed by atoms with Crippen LogP contribution in [0.15, 0.2) is 0 Å². The van der Waals surface area contributed by atoms with Crippen molar-refractivity contribution in [2.24, 2.45) is 0 Å². The van der Waals surface area contributed by atoms with Gasteiger partial charge >= 0.3 is 0 Å². The van der Waals surface area contributed by atoms with Crippen molar-refractivity contribution in [3.8, 4) is 0 Å². The molecule has 0 aromatic carbocycles. The SMILES string of the molecule is S=C(Cl)N1CCOCC1. The first-order chi connectivity index (χ1) is 4.30. The smallest absolute Gasteiger partial charge is 0.170 e. The predicted molar refractivity (Wildman–Crippen MR) is 40.8 cm³/mol. The number of hydrogen-bond acceptors (Lipinski definition) is 2. The second-order valence-corrected chi connectivity index (χ2v) is 2.82. The number of ether oxygens (including phenoxy) is 1. The van der Waals surface area contributed by atoms with E-state index in [1.165, 1.54) is 0 Å². The maximum absolute atomic E-state index is 5.56. The first-order valence-electron chi connectivity index (χ1n) is 2.83. The number of hydrogen-bond donors (Lipinski definition) is 0. The van der Waals surface area contributed by atoms with Crippen LogP contribution >= 0.6 is 23.8 Å². The Kier molecular flexibility index (Phi) is 2.69. The molecule has 0 saturated carbocycles. The topological polar surface area (TPSA) is 12.5 Å². The highest BCUT2D eigenvalue weighted by atomic mass is 35.5. The second kappa shape index (κ2) is 3.34. The molecule has 0 aromatic heterocycles. The van der Waals surface area contributed by atoms with Gasteiger partial charge in [0.1, 0.15) is 0 Å². The molecule has 0 aliphatic carbocycles. The molecular formula is C5H8ClNOS. The Morgan fingerprint density at radius 2 is 2.00 bits per heavy atom. The Labute approximate surface area is 64.7 Å². The fourth-order valence-corrected chi connectivity index (χ4v) is 1.09. The molecule has 1 fully saturated rings. The fourth-order valence-electron chi connectivity index (χ4n) is 0.739. The van der Waals surface area contributed by atoms with Crippen LogP contribution in [0.2, 0.25) is 0 Å². The Morgan fingerprint density at radius 1 is 1.44 bits per heavy atom. The standard InChI is InChI=1S/C5H8ClNOS/c6-5(9)7-1-3-8-4-2-7/h1-4H2. The van der Waals surface area contributed by atoms with Gasteiger partial charge in [0.25, 0.3) is 0 Å². The minimum absolute atomic E-state index is 0.457. The van der Waals surface area contributed by atoms with Gasteiger partial charge in [-0.05, 0) is 12.2 Å². The normalized spacial score (nSPS) is 19.9. The van der Waals surface area contributed by atoms with E-state index in [4.69, 9.17) is 28.6 Å². The average Bonchev–Trinajstić information content (AvgIpc) is 1.90. The van der Waals surface area contributed by atoms with Gasteiger partial charge in [-0.25, -0.2) is 0 Å². The first kappa shape index (κ1) is 7.25. The van der Waals surface area contributed by atoms with Gasteiger partial charge in [-0.1, -0.05) is 11.6 Å². The number of halogens is 1. The first-order valence-corrected chi connectivity index (χ1v) is 3.61. The molecular weight excluding hydrogens is 158 g/mol. The maximum atomic E-state index is 5.56. The Balaban J connectivity index is 2.31. The van der Waals surface area contributed by atoms with Crippen LogP contribution in [0.5, 0.6) is 0 Å². The molecule has 0 unspecified atom stereocenters. The third-order valence-corrected chi connectivity index (χ3v) is 1.76. The zero-order chi connectivity index (χ0) is 6.69. The minimum atomic E-state index is 0.457. The van der Waals surface area contributed by atoms with Crippen molar-refractivity contribution in [3.05, 3.63) is 0 Å². The van der Waals surface area contributed by atoms with Crippen molar-refractivity contribution >= 4 is 28.3 Å². The third-order valence-electron chi connectivity index (χ3n) is 1.26. The number of nitrogens with zero attached hydrogens (tertiary/aromatic N) is 1. The van der Waals surface area contributed by atoms with Crippen molar-refractivity contribution < 1.29 is 4.74 Å². The van der Waals surface area contributed by atoms with E-state index in [0.29, 0.717) is 4.45 Å². The summed E-state index contributed by atoms with van der Waals surface area (Å²) in [6.07, 6.45) is 0. The van der Waals surface area contributed by atoms with E-state index < -0.39 is 0 Å². The van der Waals surface area contributed by atoms with E-state index in [1.807, 2.05) is 4.90 Å². The summed E-state index contributed by atoms with van der Waals surface area (Å²) in [6, 6.07) is 0. The molecule has 1 heterocycles. The van der Waals surface area contributed by atoms with Crippen LogP contribution in [0.25, 0.3) is 0 Å². The van der Waals surface area contributed by atoms with E-state index in [9.17, 15) is 0 Å². The van der Waals surface area contributed by atoms with Crippen LogP contribution in [-0.2, 0) is 4.74 Å².